The number of hydrogen-bond acceptors (Lipinski definition) is 4. The van der Waals surface area contributed by atoms with Gasteiger partial charge in [-0.25, -0.2) is 8.42 Å². The summed E-state index contributed by atoms with van der Waals surface area (Å²) < 4.78 is 30.6. The van der Waals surface area contributed by atoms with Crippen molar-refractivity contribution < 1.29 is 69.5 Å². The van der Waals surface area contributed by atoms with Crippen LogP contribution >= 0.6 is 0 Å². The third kappa shape index (κ3) is 13.5. The Balaban J connectivity index is 0. The predicted octanol–water partition coefficient (Wildman–Crippen LogP) is -2.13. The van der Waals surface area contributed by atoms with Crippen LogP contribution in [0.15, 0.2) is 0 Å². The second-order valence-electron chi connectivity index (χ2n) is 3.20. The van der Waals surface area contributed by atoms with E-state index in [0.29, 0.717) is 6.42 Å². The fourth-order valence-electron chi connectivity index (χ4n) is 1.05. The average molecular weight is 248 g/mol. The van der Waals surface area contributed by atoms with Crippen LogP contribution in [0.1, 0.15) is 39.0 Å². The fourth-order valence-corrected chi connectivity index (χ4v) is 1.62. The molecule has 4 nitrogen and oxygen atoms in total. The molecular formula is C8H17KO4S. The van der Waals surface area contributed by atoms with Crippen LogP contribution in [0, 0.1) is 0 Å². The van der Waals surface area contributed by atoms with E-state index in [1.807, 2.05) is 0 Å². The molecule has 0 aliphatic rings. The summed E-state index contributed by atoms with van der Waals surface area (Å²) in [5, 5.41) is 9.24. The summed E-state index contributed by atoms with van der Waals surface area (Å²) in [5.41, 5.74) is 0. The molecule has 0 aromatic carbocycles. The molecule has 14 heavy (non-hydrogen) atoms. The first kappa shape index (κ1) is 17.9. The maximum atomic E-state index is 10.2. The Bertz CT molecular complexity index is 215. The van der Waals surface area contributed by atoms with Crippen LogP contribution in [0.5, 0.6) is 0 Å². The van der Waals surface area contributed by atoms with E-state index in [4.69, 9.17) is 0 Å². The largest absolute Gasteiger partial charge is 1.00 e. The standard InChI is InChI=1S/C8H18O4S.K/c1-2-3-4-5-8(9)6-7-13(10,11)12;/h8-9H,2-7H2,1H3,(H,10,11,12);/q;+1/p-1. The molecule has 0 amide bonds. The minimum Gasteiger partial charge on any atom is -0.748 e. The minimum absolute atomic E-state index is 0. The summed E-state index contributed by atoms with van der Waals surface area (Å²) in [7, 11) is -4.16. The summed E-state index contributed by atoms with van der Waals surface area (Å²) in [4.78, 5) is 0. The molecule has 80 valence electrons. The van der Waals surface area contributed by atoms with E-state index in [1.54, 1.807) is 0 Å². The van der Waals surface area contributed by atoms with E-state index in [2.05, 4.69) is 6.92 Å². The summed E-state index contributed by atoms with van der Waals surface area (Å²) in [5.74, 6) is -0.458. The molecule has 0 aliphatic carbocycles. The molecule has 0 aromatic rings. The van der Waals surface area contributed by atoms with Crippen LogP contribution in [0.3, 0.4) is 0 Å². The molecule has 1 atom stereocenters. The van der Waals surface area contributed by atoms with E-state index < -0.39 is 22.0 Å². The van der Waals surface area contributed by atoms with Crippen LogP contribution in [0.2, 0.25) is 0 Å². The molecule has 0 saturated heterocycles. The first-order valence-electron chi connectivity index (χ1n) is 4.57. The Kier molecular flexibility index (Phi) is 12.4. The Morgan fingerprint density at radius 3 is 2.29 bits per heavy atom. The topological polar surface area (TPSA) is 77.4 Å². The first-order chi connectivity index (χ1) is 5.95. The second-order valence-corrected chi connectivity index (χ2v) is 4.72. The molecule has 0 aromatic heterocycles. The van der Waals surface area contributed by atoms with Crippen LogP contribution in [-0.2, 0) is 10.1 Å². The van der Waals surface area contributed by atoms with Crippen molar-refractivity contribution >= 4 is 10.1 Å². The molecule has 0 saturated carbocycles. The number of aliphatic hydroxyl groups excluding tert-OH is 1. The Morgan fingerprint density at radius 1 is 1.29 bits per heavy atom. The van der Waals surface area contributed by atoms with Gasteiger partial charge in [0, 0.05) is 5.75 Å². The van der Waals surface area contributed by atoms with E-state index >= 15 is 0 Å². The van der Waals surface area contributed by atoms with Gasteiger partial charge in [0.1, 0.15) is 0 Å². The monoisotopic (exact) mass is 248 g/mol. The molecule has 0 rings (SSSR count). The molecule has 1 unspecified atom stereocenters. The zero-order valence-corrected chi connectivity index (χ0v) is 12.8. The van der Waals surface area contributed by atoms with Gasteiger partial charge in [0.15, 0.2) is 0 Å². The quantitative estimate of drug-likeness (QED) is 0.317. The normalized spacial score (nSPS) is 13.4. The zero-order chi connectivity index (χ0) is 10.3. The zero-order valence-electron chi connectivity index (χ0n) is 8.90. The van der Waals surface area contributed by atoms with Crippen LogP contribution in [0.25, 0.3) is 0 Å². The van der Waals surface area contributed by atoms with E-state index in [9.17, 15) is 18.1 Å². The summed E-state index contributed by atoms with van der Waals surface area (Å²) >= 11 is 0. The smallest absolute Gasteiger partial charge is 0.748 e. The van der Waals surface area contributed by atoms with Gasteiger partial charge in [0.25, 0.3) is 0 Å². The third-order valence-electron chi connectivity index (χ3n) is 1.84. The molecule has 0 aliphatic heterocycles. The molecule has 0 fully saturated rings. The molecule has 0 spiro atoms. The van der Waals surface area contributed by atoms with E-state index in [-0.39, 0.29) is 57.8 Å². The van der Waals surface area contributed by atoms with Gasteiger partial charge >= 0.3 is 51.4 Å². The molecule has 1 N–H and O–H groups in total. The van der Waals surface area contributed by atoms with Gasteiger partial charge in [-0.05, 0) is 12.8 Å². The Morgan fingerprint density at radius 2 is 1.86 bits per heavy atom. The maximum absolute atomic E-state index is 10.2. The van der Waals surface area contributed by atoms with Gasteiger partial charge in [-0.1, -0.05) is 26.2 Å². The van der Waals surface area contributed by atoms with Gasteiger partial charge in [-0.3, -0.25) is 0 Å². The van der Waals surface area contributed by atoms with Crippen molar-refractivity contribution in [2.24, 2.45) is 0 Å². The summed E-state index contributed by atoms with van der Waals surface area (Å²) in [6, 6.07) is 0. The van der Waals surface area contributed by atoms with Crippen LogP contribution in [0.4, 0.5) is 0 Å². The second kappa shape index (κ2) is 9.71. The Labute approximate surface area is 129 Å². The predicted molar refractivity (Wildman–Crippen MR) is 49.3 cm³/mol. The number of unbranched alkanes of at least 4 members (excludes halogenated alkanes) is 2. The first-order valence-corrected chi connectivity index (χ1v) is 6.15. The molecule has 0 radical (unpaired) electrons. The van der Waals surface area contributed by atoms with Crippen molar-refractivity contribution in [2.75, 3.05) is 5.75 Å². The number of aliphatic hydroxyl groups is 1. The van der Waals surface area contributed by atoms with Gasteiger partial charge in [0.2, 0.25) is 0 Å². The number of hydrogen-bond donors (Lipinski definition) is 1. The van der Waals surface area contributed by atoms with Crippen molar-refractivity contribution in [1.29, 1.82) is 0 Å². The van der Waals surface area contributed by atoms with Gasteiger partial charge in [-0.15, -0.1) is 0 Å². The molecule has 0 heterocycles. The maximum Gasteiger partial charge on any atom is 1.00 e. The minimum atomic E-state index is -4.16. The molecule has 0 bridgehead atoms. The van der Waals surface area contributed by atoms with Crippen molar-refractivity contribution in [3.8, 4) is 0 Å². The summed E-state index contributed by atoms with van der Waals surface area (Å²) in [6.45, 7) is 2.05. The summed E-state index contributed by atoms with van der Waals surface area (Å²) in [6.07, 6.45) is 2.98. The van der Waals surface area contributed by atoms with Crippen molar-refractivity contribution in [2.45, 2.75) is 45.1 Å². The molecule has 6 heteroatoms. The van der Waals surface area contributed by atoms with Gasteiger partial charge in [0.05, 0.1) is 16.2 Å². The van der Waals surface area contributed by atoms with Gasteiger partial charge in [-0.2, -0.15) is 0 Å². The van der Waals surface area contributed by atoms with E-state index in [0.717, 1.165) is 19.3 Å². The van der Waals surface area contributed by atoms with Crippen LogP contribution in [-0.4, -0.2) is 29.9 Å². The van der Waals surface area contributed by atoms with Gasteiger partial charge < -0.3 is 9.66 Å². The number of rotatable bonds is 7. The SMILES string of the molecule is CCCCCC(O)CCS(=O)(=O)[O-].[K+]. The Hall–Kier alpha value is 1.51. The molecular weight excluding hydrogens is 231 g/mol. The average Bonchev–Trinajstić information content (AvgIpc) is 2.00. The third-order valence-corrected chi connectivity index (χ3v) is 2.58. The van der Waals surface area contributed by atoms with Crippen LogP contribution < -0.4 is 51.4 Å². The fraction of sp³-hybridized carbons (Fsp3) is 1.00. The van der Waals surface area contributed by atoms with E-state index in [1.165, 1.54) is 0 Å². The van der Waals surface area contributed by atoms with Crippen molar-refractivity contribution in [1.82, 2.24) is 0 Å². The van der Waals surface area contributed by atoms with Crippen molar-refractivity contribution in [3.05, 3.63) is 0 Å². The van der Waals surface area contributed by atoms with Crippen molar-refractivity contribution in [3.63, 3.8) is 0 Å².